The van der Waals surface area contributed by atoms with Crippen LogP contribution in [-0.2, 0) is 9.47 Å². The Hall–Kier alpha value is -2.11. The van der Waals surface area contributed by atoms with Gasteiger partial charge in [-0.25, -0.2) is 0 Å². The molecule has 0 bridgehead atoms. The summed E-state index contributed by atoms with van der Waals surface area (Å²) in [5.41, 5.74) is 0.471. The number of aromatic hydroxyl groups is 1. The minimum absolute atomic E-state index is 0.00106. The van der Waals surface area contributed by atoms with Gasteiger partial charge in [-0.2, -0.15) is 0 Å². The largest absolute Gasteiger partial charge is 0.511 e. The summed E-state index contributed by atoms with van der Waals surface area (Å²) in [4.78, 5) is 12.3. The highest BCUT2D eigenvalue weighted by Gasteiger charge is 2.33. The molecule has 1 aromatic rings. The van der Waals surface area contributed by atoms with E-state index in [1.54, 1.807) is 18.2 Å². The van der Waals surface area contributed by atoms with Crippen molar-refractivity contribution >= 4 is 5.78 Å². The Morgan fingerprint density at radius 2 is 1.95 bits per heavy atom. The van der Waals surface area contributed by atoms with Crippen LogP contribution in [0.4, 0.5) is 0 Å². The molecule has 1 aromatic carbocycles. The first kappa shape index (κ1) is 14.3. The van der Waals surface area contributed by atoms with Gasteiger partial charge in [0.05, 0.1) is 12.0 Å². The normalized spacial score (nSPS) is 17.3. The summed E-state index contributed by atoms with van der Waals surface area (Å²) >= 11 is 0. The average Bonchev–Trinajstić information content (AvgIpc) is 2.46. The molecular formula is C15H16O5. The van der Waals surface area contributed by atoms with Crippen LogP contribution in [-0.4, -0.2) is 36.0 Å². The molecule has 0 amide bonds. The molecule has 0 heterocycles. The zero-order valence-electron chi connectivity index (χ0n) is 11.3. The maximum atomic E-state index is 12.3. The number of hydrogen-bond acceptors (Lipinski definition) is 5. The van der Waals surface area contributed by atoms with E-state index in [0.717, 1.165) is 0 Å². The summed E-state index contributed by atoms with van der Waals surface area (Å²) < 4.78 is 10.4. The fraction of sp³-hybridized carbons (Fsp3) is 0.267. The number of carbonyl (C=O) groups excluding carboxylic acids is 1. The van der Waals surface area contributed by atoms with E-state index in [-0.39, 0.29) is 29.3 Å². The molecule has 106 valence electrons. The number of rotatable bonds is 4. The minimum Gasteiger partial charge on any atom is -0.511 e. The summed E-state index contributed by atoms with van der Waals surface area (Å²) in [6.07, 6.45) is 3.11. The van der Waals surface area contributed by atoms with Gasteiger partial charge in [0, 0.05) is 19.8 Å². The lowest BCUT2D eigenvalue weighted by atomic mass is 9.94. The second-order valence-corrected chi connectivity index (χ2v) is 4.47. The molecular weight excluding hydrogens is 260 g/mol. The number of allylic oxidation sites excluding steroid dienone is 2. The predicted molar refractivity (Wildman–Crippen MR) is 72.6 cm³/mol. The summed E-state index contributed by atoms with van der Waals surface area (Å²) in [7, 11) is 2.92. The highest BCUT2D eigenvalue weighted by Crippen LogP contribution is 2.30. The van der Waals surface area contributed by atoms with Gasteiger partial charge in [0.15, 0.2) is 11.6 Å². The molecule has 0 saturated heterocycles. The molecule has 2 N–H and O–H groups in total. The average molecular weight is 276 g/mol. The van der Waals surface area contributed by atoms with Crippen LogP contribution in [0.5, 0.6) is 5.75 Å². The molecule has 1 aliphatic carbocycles. The van der Waals surface area contributed by atoms with Gasteiger partial charge in [-0.3, -0.25) is 4.79 Å². The standard InChI is InChI=1S/C15H16O5/c1-19-15(20-2)7-6-12(13(17)9-15)14(18)10-4-3-5-11(16)8-10/h3-8,16-17H,9H2,1-2H3. The third-order valence-corrected chi connectivity index (χ3v) is 3.27. The van der Waals surface area contributed by atoms with Crippen molar-refractivity contribution < 1.29 is 24.5 Å². The van der Waals surface area contributed by atoms with Crippen molar-refractivity contribution in [2.24, 2.45) is 0 Å². The number of hydrogen-bond donors (Lipinski definition) is 2. The van der Waals surface area contributed by atoms with Crippen molar-refractivity contribution in [3.8, 4) is 5.75 Å². The van der Waals surface area contributed by atoms with Crippen LogP contribution in [0, 0.1) is 0 Å². The molecule has 5 heteroatoms. The van der Waals surface area contributed by atoms with Gasteiger partial charge >= 0.3 is 0 Å². The Morgan fingerprint density at radius 1 is 1.25 bits per heavy atom. The van der Waals surface area contributed by atoms with Crippen LogP contribution in [0.25, 0.3) is 0 Å². The highest BCUT2D eigenvalue weighted by atomic mass is 16.7. The first-order valence-electron chi connectivity index (χ1n) is 6.07. The topological polar surface area (TPSA) is 76.0 Å². The summed E-state index contributed by atoms with van der Waals surface area (Å²) in [5.74, 6) is -1.52. The first-order chi connectivity index (χ1) is 9.51. The molecule has 0 unspecified atom stereocenters. The van der Waals surface area contributed by atoms with Crippen LogP contribution in [0.15, 0.2) is 47.7 Å². The SMILES string of the molecule is COC1(OC)C=CC(C(=O)c2cccc(O)c2)=C(O)C1. The zero-order valence-corrected chi connectivity index (χ0v) is 11.3. The number of benzene rings is 1. The van der Waals surface area contributed by atoms with Crippen molar-refractivity contribution in [3.05, 3.63) is 53.3 Å². The number of carbonyl (C=O) groups is 1. The molecule has 2 rings (SSSR count). The van der Waals surface area contributed by atoms with Gasteiger partial charge in [-0.1, -0.05) is 12.1 Å². The monoisotopic (exact) mass is 276 g/mol. The van der Waals surface area contributed by atoms with E-state index in [1.807, 2.05) is 0 Å². The van der Waals surface area contributed by atoms with E-state index in [9.17, 15) is 15.0 Å². The van der Waals surface area contributed by atoms with Crippen LogP contribution < -0.4 is 0 Å². The summed E-state index contributed by atoms with van der Waals surface area (Å²) in [6.45, 7) is 0. The lowest BCUT2D eigenvalue weighted by Crippen LogP contribution is -2.34. The Labute approximate surface area is 116 Å². The van der Waals surface area contributed by atoms with E-state index in [4.69, 9.17) is 9.47 Å². The van der Waals surface area contributed by atoms with E-state index in [2.05, 4.69) is 0 Å². The van der Waals surface area contributed by atoms with Crippen molar-refractivity contribution in [3.63, 3.8) is 0 Å². The molecule has 0 spiro atoms. The van der Waals surface area contributed by atoms with E-state index in [0.29, 0.717) is 5.56 Å². The van der Waals surface area contributed by atoms with Crippen molar-refractivity contribution in [2.75, 3.05) is 14.2 Å². The van der Waals surface area contributed by atoms with Crippen molar-refractivity contribution in [2.45, 2.75) is 12.2 Å². The first-order valence-corrected chi connectivity index (χ1v) is 6.07. The molecule has 0 atom stereocenters. The Morgan fingerprint density at radius 3 is 2.50 bits per heavy atom. The van der Waals surface area contributed by atoms with E-state index in [1.165, 1.54) is 32.4 Å². The second kappa shape index (κ2) is 5.48. The maximum Gasteiger partial charge on any atom is 0.196 e. The smallest absolute Gasteiger partial charge is 0.196 e. The van der Waals surface area contributed by atoms with Gasteiger partial charge in [0.1, 0.15) is 11.5 Å². The molecule has 0 fully saturated rings. The highest BCUT2D eigenvalue weighted by molar-refractivity contribution is 6.11. The fourth-order valence-electron chi connectivity index (χ4n) is 2.07. The van der Waals surface area contributed by atoms with Gasteiger partial charge in [-0.15, -0.1) is 0 Å². The predicted octanol–water partition coefficient (Wildman–Crippen LogP) is 2.34. The van der Waals surface area contributed by atoms with Crippen LogP contribution in [0.1, 0.15) is 16.8 Å². The lowest BCUT2D eigenvalue weighted by molar-refractivity contribution is -0.173. The number of phenols is 1. The number of aliphatic hydroxyl groups is 1. The summed E-state index contributed by atoms with van der Waals surface area (Å²) in [6, 6.07) is 5.97. The number of phenolic OH excluding ortho intramolecular Hbond substituents is 1. The van der Waals surface area contributed by atoms with Crippen molar-refractivity contribution in [1.29, 1.82) is 0 Å². The number of methoxy groups -OCH3 is 2. The van der Waals surface area contributed by atoms with Crippen LogP contribution >= 0.6 is 0 Å². The molecule has 5 nitrogen and oxygen atoms in total. The van der Waals surface area contributed by atoms with Gasteiger partial charge in [-0.05, 0) is 24.3 Å². The van der Waals surface area contributed by atoms with Gasteiger partial charge in [0.2, 0.25) is 0 Å². The quantitative estimate of drug-likeness (QED) is 0.652. The minimum atomic E-state index is -1.05. The van der Waals surface area contributed by atoms with Crippen LogP contribution in [0.2, 0.25) is 0 Å². The molecule has 0 saturated carbocycles. The summed E-state index contributed by atoms with van der Waals surface area (Å²) in [5, 5.41) is 19.4. The molecule has 0 radical (unpaired) electrons. The molecule has 1 aliphatic rings. The van der Waals surface area contributed by atoms with E-state index >= 15 is 0 Å². The third kappa shape index (κ3) is 2.59. The second-order valence-electron chi connectivity index (χ2n) is 4.47. The number of Topliss-reactive ketones (excluding diaryl/α,β-unsaturated/α-hetero) is 1. The molecule has 20 heavy (non-hydrogen) atoms. The van der Waals surface area contributed by atoms with Gasteiger partial charge < -0.3 is 19.7 Å². The van der Waals surface area contributed by atoms with E-state index < -0.39 is 5.79 Å². The Balaban J connectivity index is 2.31. The molecule has 0 aromatic heterocycles. The lowest BCUT2D eigenvalue weighted by Gasteiger charge is -2.30. The van der Waals surface area contributed by atoms with Crippen LogP contribution in [0.3, 0.4) is 0 Å². The maximum absolute atomic E-state index is 12.3. The zero-order chi connectivity index (χ0) is 14.8. The number of ether oxygens (including phenoxy) is 2. The fourth-order valence-corrected chi connectivity index (χ4v) is 2.07. The Bertz CT molecular complexity index is 582. The molecule has 0 aliphatic heterocycles. The Kier molecular flexibility index (Phi) is 3.92. The number of aliphatic hydroxyl groups excluding tert-OH is 1. The third-order valence-electron chi connectivity index (χ3n) is 3.27. The van der Waals surface area contributed by atoms with Crippen molar-refractivity contribution in [1.82, 2.24) is 0 Å². The van der Waals surface area contributed by atoms with Gasteiger partial charge in [0.25, 0.3) is 0 Å². The number of ketones is 1.